The van der Waals surface area contributed by atoms with Crippen LogP contribution in [0.1, 0.15) is 145 Å². The van der Waals surface area contributed by atoms with E-state index in [9.17, 15) is 0 Å². The number of aromatic nitrogens is 4. The van der Waals surface area contributed by atoms with Crippen LogP contribution in [0.5, 0.6) is 0 Å². The van der Waals surface area contributed by atoms with Gasteiger partial charge in [0.25, 0.3) is 0 Å². The smallest absolute Gasteiger partial charge is 0.0688 e. The van der Waals surface area contributed by atoms with Crippen LogP contribution in [-0.2, 0) is 21.8 Å². The van der Waals surface area contributed by atoms with E-state index >= 15 is 0 Å². The van der Waals surface area contributed by atoms with Gasteiger partial charge in [-0.3, -0.25) is 0 Å². The average Bonchev–Trinajstić information content (AvgIpc) is 3.67. The summed E-state index contributed by atoms with van der Waals surface area (Å²) in [5.74, 6) is 0. The van der Waals surface area contributed by atoms with E-state index in [1.807, 2.05) is 0 Å². The fourth-order valence-corrected chi connectivity index (χ4v) is 7.03. The largest absolute Gasteiger partial charge is 0.355 e. The molecule has 2 aliphatic heterocycles. The van der Waals surface area contributed by atoms with Crippen molar-refractivity contribution in [3.05, 3.63) is 67.8 Å². The molecule has 0 radical (unpaired) electrons. The number of hydrogen-bond donors (Lipinski definition) is 1. The lowest BCUT2D eigenvalue weighted by atomic mass is 9.75. The third kappa shape index (κ3) is 5.18. The number of nitrogens with one attached hydrogen (secondary N) is 1. The molecule has 1 N–H and O–H groups in total. The molecule has 0 aromatic carbocycles. The number of H-pyrrole nitrogens is 1. The van der Waals surface area contributed by atoms with E-state index in [2.05, 4.69) is 151 Å². The van der Waals surface area contributed by atoms with Gasteiger partial charge in [0.05, 0.1) is 33.8 Å². The number of aryl methyl sites for hydroxylation is 3. The predicted molar refractivity (Wildman–Crippen MR) is 193 cm³/mol. The monoisotopic (exact) mass is 590 g/mol. The third-order valence-corrected chi connectivity index (χ3v) is 9.27. The first-order valence-electron chi connectivity index (χ1n) is 16.2. The van der Waals surface area contributed by atoms with Crippen molar-refractivity contribution in [1.29, 1.82) is 0 Å². The van der Waals surface area contributed by atoms with Crippen molar-refractivity contribution in [2.75, 3.05) is 0 Å². The lowest BCUT2D eigenvalue weighted by molar-refractivity contribution is 0.419. The normalized spacial score (nSPS) is 14.2. The zero-order chi connectivity index (χ0) is 32.9. The van der Waals surface area contributed by atoms with Crippen LogP contribution < -0.4 is 0 Å². The molecule has 4 heteroatoms. The van der Waals surface area contributed by atoms with E-state index in [0.29, 0.717) is 0 Å². The van der Waals surface area contributed by atoms with E-state index in [1.54, 1.807) is 0 Å². The Hall–Kier alpha value is -3.40. The van der Waals surface area contributed by atoms with Crippen molar-refractivity contribution in [1.82, 2.24) is 19.5 Å². The second kappa shape index (κ2) is 10.1. The average molecular weight is 591 g/mol. The standard InChI is InChI=1S/C40H54N4/c1-22-27-17-18-29(41-27)23(2)31-21-26(37(5,6)7)34(43-31)25(4)36-33(39(11,12)13)32(38(8,9)10)35(44(36)40(14,15)16)24(3)30-20-19-28(22)42-30/h17-21,43H,1-16H3. The number of aromatic amines is 1. The van der Waals surface area contributed by atoms with Gasteiger partial charge in [-0.2, -0.15) is 0 Å². The van der Waals surface area contributed by atoms with Crippen LogP contribution in [0.2, 0.25) is 0 Å². The first-order valence-corrected chi connectivity index (χ1v) is 16.2. The predicted octanol–water partition coefficient (Wildman–Crippen LogP) is 11.0. The SMILES string of the molecule is Cc1c2nc(c(C)c3cc(C(C)(C)C)c([nH]3)c(C)c3c(C(C)(C)C)c(C(C)(C)C)c(c(C)c4nc1C=C4)n3C(C)(C)C)C=C2. The highest BCUT2D eigenvalue weighted by Crippen LogP contribution is 2.47. The number of rotatable bonds is 0. The summed E-state index contributed by atoms with van der Waals surface area (Å²) in [5.41, 5.74) is 17.4. The Balaban J connectivity index is 2.28. The van der Waals surface area contributed by atoms with Crippen molar-refractivity contribution in [3.63, 3.8) is 0 Å². The van der Waals surface area contributed by atoms with Gasteiger partial charge in [-0.15, -0.1) is 0 Å². The molecular weight excluding hydrogens is 536 g/mol. The molecule has 0 fully saturated rings. The van der Waals surface area contributed by atoms with E-state index in [0.717, 1.165) is 39.4 Å². The third-order valence-electron chi connectivity index (χ3n) is 9.27. The van der Waals surface area contributed by atoms with Crippen molar-refractivity contribution >= 4 is 46.4 Å². The lowest BCUT2D eigenvalue weighted by Crippen LogP contribution is -2.23. The van der Waals surface area contributed by atoms with Crippen molar-refractivity contribution in [2.24, 2.45) is 0 Å². The van der Waals surface area contributed by atoms with Gasteiger partial charge in [-0.05, 0) is 128 Å². The van der Waals surface area contributed by atoms with Crippen LogP contribution in [0.4, 0.5) is 0 Å². The van der Waals surface area contributed by atoms with E-state index in [1.165, 1.54) is 44.4 Å². The zero-order valence-electron chi connectivity index (χ0n) is 30.2. The Labute approximate surface area is 265 Å². The molecule has 5 heterocycles. The van der Waals surface area contributed by atoms with Gasteiger partial charge < -0.3 is 9.55 Å². The topological polar surface area (TPSA) is 46.5 Å². The molecule has 3 aromatic rings. The first-order chi connectivity index (χ1) is 20.0. The number of fused-ring (bicyclic) bond motifs is 8. The maximum absolute atomic E-state index is 5.26. The van der Waals surface area contributed by atoms with Crippen molar-refractivity contribution < 1.29 is 0 Å². The second-order valence-electron chi connectivity index (χ2n) is 17.1. The Bertz CT molecular complexity index is 1910. The zero-order valence-corrected chi connectivity index (χ0v) is 30.2. The Kier molecular flexibility index (Phi) is 7.31. The van der Waals surface area contributed by atoms with Crippen LogP contribution in [0, 0.1) is 27.7 Å². The highest BCUT2D eigenvalue weighted by molar-refractivity contribution is 5.89. The minimum absolute atomic E-state index is 0.0579. The summed E-state index contributed by atoms with van der Waals surface area (Å²) >= 11 is 0. The van der Waals surface area contributed by atoms with Crippen LogP contribution >= 0.6 is 0 Å². The molecule has 44 heavy (non-hydrogen) atoms. The van der Waals surface area contributed by atoms with Crippen LogP contribution in [0.15, 0.2) is 6.07 Å². The Morgan fingerprint density at radius 3 is 1.34 bits per heavy atom. The first kappa shape index (κ1) is 32.0. The van der Waals surface area contributed by atoms with Gasteiger partial charge in [-0.1, -0.05) is 62.3 Å². The molecule has 0 unspecified atom stereocenters. The molecule has 4 nitrogen and oxygen atoms in total. The molecule has 0 spiro atoms. The van der Waals surface area contributed by atoms with Crippen LogP contribution in [0.3, 0.4) is 0 Å². The summed E-state index contributed by atoms with van der Waals surface area (Å²) < 4.78 is 2.64. The van der Waals surface area contributed by atoms with Crippen LogP contribution in [0.25, 0.3) is 46.4 Å². The highest BCUT2D eigenvalue weighted by atomic mass is 15.1. The van der Waals surface area contributed by atoms with E-state index in [4.69, 9.17) is 9.97 Å². The second-order valence-corrected chi connectivity index (χ2v) is 17.1. The fourth-order valence-electron chi connectivity index (χ4n) is 7.03. The summed E-state index contributed by atoms with van der Waals surface area (Å²) in [7, 11) is 0. The minimum Gasteiger partial charge on any atom is -0.355 e. The molecule has 0 aliphatic carbocycles. The highest BCUT2D eigenvalue weighted by Gasteiger charge is 2.36. The van der Waals surface area contributed by atoms with E-state index < -0.39 is 0 Å². The quantitative estimate of drug-likeness (QED) is 0.195. The maximum atomic E-state index is 5.26. The van der Waals surface area contributed by atoms with Gasteiger partial charge in [0.2, 0.25) is 0 Å². The number of nitrogens with zero attached hydrogens (tertiary/aromatic N) is 3. The minimum atomic E-state index is -0.188. The van der Waals surface area contributed by atoms with Crippen molar-refractivity contribution in [2.45, 2.75) is 133 Å². The summed E-state index contributed by atoms with van der Waals surface area (Å²) in [6, 6.07) is 2.37. The van der Waals surface area contributed by atoms with Gasteiger partial charge >= 0.3 is 0 Å². The molecule has 3 aromatic heterocycles. The summed E-state index contributed by atoms with van der Waals surface area (Å²) in [6.07, 6.45) is 8.63. The Morgan fingerprint density at radius 2 is 0.932 bits per heavy atom. The Morgan fingerprint density at radius 1 is 0.523 bits per heavy atom. The molecule has 2 aliphatic rings. The molecular formula is C40H54N4. The maximum Gasteiger partial charge on any atom is 0.0688 e. The molecule has 234 valence electrons. The number of hydrogen-bond acceptors (Lipinski definition) is 2. The molecule has 0 saturated heterocycles. The van der Waals surface area contributed by atoms with Gasteiger partial charge in [-0.25, -0.2) is 9.97 Å². The molecule has 0 atom stereocenters. The fraction of sp³-hybridized carbons (Fsp3) is 0.500. The van der Waals surface area contributed by atoms with E-state index in [-0.39, 0.29) is 21.8 Å². The summed E-state index contributed by atoms with van der Waals surface area (Å²) in [6.45, 7) is 37.2. The molecule has 5 rings (SSSR count). The van der Waals surface area contributed by atoms with Gasteiger partial charge in [0, 0.05) is 22.1 Å². The van der Waals surface area contributed by atoms with Crippen LogP contribution in [-0.4, -0.2) is 19.5 Å². The summed E-state index contributed by atoms with van der Waals surface area (Å²) in [4.78, 5) is 14.3. The molecule has 0 amide bonds. The molecule has 0 saturated carbocycles. The van der Waals surface area contributed by atoms with Gasteiger partial charge in [0.15, 0.2) is 0 Å². The van der Waals surface area contributed by atoms with Gasteiger partial charge in [0.1, 0.15) is 0 Å². The molecule has 8 bridgehead atoms. The van der Waals surface area contributed by atoms with Crippen molar-refractivity contribution in [3.8, 4) is 0 Å². The lowest BCUT2D eigenvalue weighted by Gasteiger charge is -2.28. The summed E-state index contributed by atoms with van der Waals surface area (Å²) in [5, 5.41) is 0.